The summed E-state index contributed by atoms with van der Waals surface area (Å²) in [7, 11) is 0. The first-order valence-electron chi connectivity index (χ1n) is 12.7. The molecule has 7 atom stereocenters. The highest BCUT2D eigenvalue weighted by molar-refractivity contribution is 5.82. The molecule has 4 rings (SSSR count). The number of piperazine rings is 1. The van der Waals surface area contributed by atoms with Gasteiger partial charge in [-0.05, 0) is 64.7 Å². The van der Waals surface area contributed by atoms with Gasteiger partial charge in [-0.1, -0.05) is 6.92 Å². The van der Waals surface area contributed by atoms with E-state index in [1.165, 1.54) is 0 Å². The molecule has 2 aliphatic heterocycles. The molecule has 0 aromatic rings. The lowest BCUT2D eigenvalue weighted by atomic mass is 9.77. The summed E-state index contributed by atoms with van der Waals surface area (Å²) >= 11 is 0. The molecule has 2 heterocycles. The van der Waals surface area contributed by atoms with Gasteiger partial charge in [-0.3, -0.25) is 9.69 Å². The molecule has 5 unspecified atom stereocenters. The van der Waals surface area contributed by atoms with Crippen LogP contribution in [0.4, 0.5) is 9.18 Å². The largest absolute Gasteiger partial charge is 0.447 e. The van der Waals surface area contributed by atoms with Crippen LogP contribution < -0.4 is 10.6 Å². The molecule has 0 bridgehead atoms. The lowest BCUT2D eigenvalue weighted by Crippen LogP contribution is -2.55. The number of carbonyl (C=O) groups excluding carboxylic acids is 2. The van der Waals surface area contributed by atoms with Gasteiger partial charge >= 0.3 is 6.09 Å². The molecule has 32 heavy (non-hydrogen) atoms. The van der Waals surface area contributed by atoms with Gasteiger partial charge in [0.15, 0.2) is 0 Å². The first-order chi connectivity index (χ1) is 15.3. The van der Waals surface area contributed by atoms with E-state index in [1.54, 1.807) is 4.90 Å². The molecular formula is C24H41FN4O3. The first kappa shape index (κ1) is 23.7. The van der Waals surface area contributed by atoms with Crippen molar-refractivity contribution in [1.82, 2.24) is 20.4 Å². The van der Waals surface area contributed by atoms with Gasteiger partial charge in [-0.15, -0.1) is 0 Å². The fraction of sp³-hybridized carbons (Fsp3) is 0.917. The molecule has 0 radical (unpaired) electrons. The van der Waals surface area contributed by atoms with Crippen LogP contribution in [0.25, 0.3) is 0 Å². The highest BCUT2D eigenvalue weighted by atomic mass is 19.1. The monoisotopic (exact) mass is 452 g/mol. The Morgan fingerprint density at radius 2 is 1.81 bits per heavy atom. The molecule has 0 aromatic heterocycles. The van der Waals surface area contributed by atoms with Crippen molar-refractivity contribution < 1.29 is 18.7 Å². The maximum atomic E-state index is 14.4. The van der Waals surface area contributed by atoms with Gasteiger partial charge in [0.2, 0.25) is 5.91 Å². The minimum atomic E-state index is -0.781. The number of hydrogen-bond acceptors (Lipinski definition) is 5. The van der Waals surface area contributed by atoms with Gasteiger partial charge in [0, 0.05) is 50.2 Å². The molecule has 7 nitrogen and oxygen atoms in total. The van der Waals surface area contributed by atoms with Crippen LogP contribution in [0.15, 0.2) is 0 Å². The fourth-order valence-corrected chi connectivity index (χ4v) is 6.27. The number of rotatable bonds is 4. The minimum Gasteiger partial charge on any atom is -0.447 e. The summed E-state index contributed by atoms with van der Waals surface area (Å²) in [6.45, 7) is 8.99. The van der Waals surface area contributed by atoms with Gasteiger partial charge < -0.3 is 20.3 Å². The molecule has 0 spiro atoms. The average molecular weight is 453 g/mol. The van der Waals surface area contributed by atoms with Crippen LogP contribution in [0.1, 0.15) is 65.7 Å². The second-order valence-corrected chi connectivity index (χ2v) is 10.7. The summed E-state index contributed by atoms with van der Waals surface area (Å²) < 4.78 is 19.7. The van der Waals surface area contributed by atoms with Crippen LogP contribution in [0, 0.1) is 11.8 Å². The first-order valence-corrected chi connectivity index (χ1v) is 12.7. The van der Waals surface area contributed by atoms with E-state index in [4.69, 9.17) is 4.74 Å². The van der Waals surface area contributed by atoms with Gasteiger partial charge in [0.25, 0.3) is 0 Å². The van der Waals surface area contributed by atoms with Gasteiger partial charge in [-0.25, -0.2) is 9.18 Å². The molecule has 2 amide bonds. The zero-order chi connectivity index (χ0) is 22.8. The van der Waals surface area contributed by atoms with Crippen molar-refractivity contribution in [3.63, 3.8) is 0 Å². The van der Waals surface area contributed by atoms with Crippen molar-refractivity contribution in [2.24, 2.45) is 11.8 Å². The summed E-state index contributed by atoms with van der Waals surface area (Å²) in [6.07, 6.45) is 5.23. The van der Waals surface area contributed by atoms with E-state index < -0.39 is 6.17 Å². The summed E-state index contributed by atoms with van der Waals surface area (Å²) in [5.41, 5.74) is 0. The lowest BCUT2D eigenvalue weighted by Gasteiger charge is -2.42. The van der Waals surface area contributed by atoms with E-state index in [0.717, 1.165) is 45.2 Å². The van der Waals surface area contributed by atoms with Crippen molar-refractivity contribution >= 4 is 12.0 Å². The molecular weight excluding hydrogens is 411 g/mol. The third-order valence-corrected chi connectivity index (χ3v) is 8.07. The van der Waals surface area contributed by atoms with Crippen LogP contribution in [-0.4, -0.2) is 84.4 Å². The molecule has 2 saturated heterocycles. The van der Waals surface area contributed by atoms with Crippen molar-refractivity contribution in [1.29, 1.82) is 0 Å². The summed E-state index contributed by atoms with van der Waals surface area (Å²) in [4.78, 5) is 29.4. The van der Waals surface area contributed by atoms with Crippen molar-refractivity contribution in [2.75, 3.05) is 26.2 Å². The second kappa shape index (κ2) is 10.2. The number of amides is 2. The van der Waals surface area contributed by atoms with Crippen molar-refractivity contribution in [3.05, 3.63) is 0 Å². The number of nitrogens with one attached hydrogen (secondary N) is 2. The number of fused-ring (bicyclic) bond motifs is 1. The molecule has 2 N–H and O–H groups in total. The number of carbonyl (C=O) groups is 2. The van der Waals surface area contributed by atoms with Crippen molar-refractivity contribution in [3.8, 4) is 0 Å². The Labute approximate surface area is 191 Å². The third kappa shape index (κ3) is 5.38. The summed E-state index contributed by atoms with van der Waals surface area (Å²) in [5.74, 6) is 0.457. The van der Waals surface area contributed by atoms with Crippen LogP contribution in [0.3, 0.4) is 0 Å². The summed E-state index contributed by atoms with van der Waals surface area (Å²) in [5, 5.41) is 6.74. The lowest BCUT2D eigenvalue weighted by molar-refractivity contribution is -0.124. The Morgan fingerprint density at radius 3 is 2.50 bits per heavy atom. The Balaban J connectivity index is 1.24. The predicted molar refractivity (Wildman–Crippen MR) is 121 cm³/mol. The standard InChI is InChI=1S/C24H41FN4O3/c1-15(2)32-24(31)29-11-9-28(10-12-29)18-6-4-5-17(13-18)26-23(30)21-14-19-20(25)8-7-16(3)22(19)27-21/h15-22,27H,4-14H2,1-3H3,(H,26,30)/t16?,17-,18-,19?,20?,21?,22?/m1/s1. The minimum absolute atomic E-state index is 0.0210. The van der Waals surface area contributed by atoms with E-state index >= 15 is 0 Å². The van der Waals surface area contributed by atoms with Gasteiger partial charge in [-0.2, -0.15) is 0 Å². The number of alkyl halides is 1. The third-order valence-electron chi connectivity index (χ3n) is 8.07. The molecule has 4 fully saturated rings. The normalized spacial score (nSPS) is 38.4. The van der Waals surface area contributed by atoms with Crippen LogP contribution in [0.5, 0.6) is 0 Å². The smallest absolute Gasteiger partial charge is 0.410 e. The number of nitrogens with zero attached hydrogens (tertiary/aromatic N) is 2. The predicted octanol–water partition coefficient (Wildman–Crippen LogP) is 2.69. The van der Waals surface area contributed by atoms with Crippen LogP contribution in [-0.2, 0) is 9.53 Å². The van der Waals surface area contributed by atoms with Crippen LogP contribution >= 0.6 is 0 Å². The van der Waals surface area contributed by atoms with Gasteiger partial charge in [0.05, 0.1) is 12.1 Å². The number of halogens is 1. The Hall–Kier alpha value is -1.41. The van der Waals surface area contributed by atoms with Crippen LogP contribution in [0.2, 0.25) is 0 Å². The average Bonchev–Trinajstić information content (AvgIpc) is 3.23. The number of ether oxygens (including phenoxy) is 1. The van der Waals surface area contributed by atoms with E-state index in [0.29, 0.717) is 37.9 Å². The maximum Gasteiger partial charge on any atom is 0.410 e. The summed E-state index contributed by atoms with van der Waals surface area (Å²) in [6, 6.07) is 0.479. The Morgan fingerprint density at radius 1 is 1.06 bits per heavy atom. The number of hydrogen-bond donors (Lipinski definition) is 2. The quantitative estimate of drug-likeness (QED) is 0.686. The maximum absolute atomic E-state index is 14.4. The zero-order valence-electron chi connectivity index (χ0n) is 19.9. The molecule has 8 heteroatoms. The van der Waals surface area contributed by atoms with E-state index in [-0.39, 0.29) is 42.1 Å². The topological polar surface area (TPSA) is 73.9 Å². The zero-order valence-corrected chi connectivity index (χ0v) is 19.9. The van der Waals surface area contributed by atoms with E-state index in [1.807, 2.05) is 13.8 Å². The van der Waals surface area contributed by atoms with Gasteiger partial charge in [0.1, 0.15) is 6.17 Å². The SMILES string of the molecule is CC(C)OC(=O)N1CCN([C@@H]2CCC[C@@H](NC(=O)C3CC4C(F)CCC(C)C4N3)C2)CC1. The highest BCUT2D eigenvalue weighted by Crippen LogP contribution is 2.38. The van der Waals surface area contributed by atoms with E-state index in [9.17, 15) is 14.0 Å². The molecule has 2 saturated carbocycles. The Kier molecular flexibility index (Phi) is 7.60. The molecule has 4 aliphatic rings. The second-order valence-electron chi connectivity index (χ2n) is 10.7. The molecule has 0 aromatic carbocycles. The Bertz CT molecular complexity index is 652. The molecule has 2 aliphatic carbocycles. The van der Waals surface area contributed by atoms with E-state index in [2.05, 4.69) is 22.5 Å². The highest BCUT2D eigenvalue weighted by Gasteiger charge is 2.46. The molecule has 182 valence electrons. The van der Waals surface area contributed by atoms with Crippen molar-refractivity contribution in [2.45, 2.75) is 102 Å². The fourth-order valence-electron chi connectivity index (χ4n) is 6.27.